The van der Waals surface area contributed by atoms with Crippen LogP contribution in [0.5, 0.6) is 0 Å². The molecule has 0 spiro atoms. The van der Waals surface area contributed by atoms with Crippen molar-refractivity contribution in [3.63, 3.8) is 0 Å². The fourth-order valence-corrected chi connectivity index (χ4v) is 0.734. The maximum Gasteiger partial charge on any atom is 0.240 e. The van der Waals surface area contributed by atoms with Crippen LogP contribution in [-0.4, -0.2) is 10.1 Å². The van der Waals surface area contributed by atoms with Gasteiger partial charge < -0.3 is 10.3 Å². The summed E-state index contributed by atoms with van der Waals surface area (Å²) in [6.45, 7) is 4.47. The van der Waals surface area contributed by atoms with Gasteiger partial charge in [-0.1, -0.05) is 19.0 Å². The summed E-state index contributed by atoms with van der Waals surface area (Å²) in [6.07, 6.45) is 1.02. The van der Waals surface area contributed by atoms with E-state index in [9.17, 15) is 0 Å². The Balaban J connectivity index is 2.71. The Bertz CT molecular complexity index is 221. The summed E-state index contributed by atoms with van der Waals surface area (Å²) >= 11 is 0. The Morgan fingerprint density at radius 1 is 1.64 bits per heavy atom. The molecule has 1 aromatic heterocycles. The van der Waals surface area contributed by atoms with E-state index in [2.05, 4.69) is 24.0 Å². The number of nitrogens with two attached hydrogens (primary N) is 1. The first-order chi connectivity index (χ1) is 5.27. The molecule has 1 atom stereocenters. The number of rotatable bonds is 3. The topological polar surface area (TPSA) is 64.9 Å². The maximum absolute atomic E-state index is 5.31. The molecule has 0 aromatic carbocycles. The monoisotopic (exact) mass is 155 g/mol. The Morgan fingerprint density at radius 3 is 2.82 bits per heavy atom. The van der Waals surface area contributed by atoms with Crippen LogP contribution in [0.25, 0.3) is 0 Å². The van der Waals surface area contributed by atoms with Crippen LogP contribution in [0.2, 0.25) is 0 Å². The van der Waals surface area contributed by atoms with Crippen molar-refractivity contribution >= 4 is 0 Å². The first-order valence-electron chi connectivity index (χ1n) is 3.80. The third-order valence-corrected chi connectivity index (χ3v) is 1.71. The van der Waals surface area contributed by atoms with Gasteiger partial charge in [0.2, 0.25) is 5.89 Å². The summed E-state index contributed by atoms with van der Waals surface area (Å²) in [6, 6.07) is 0. The molecule has 1 aromatic rings. The quantitative estimate of drug-likeness (QED) is 0.708. The third kappa shape index (κ3) is 1.77. The highest BCUT2D eigenvalue weighted by Crippen LogP contribution is 2.13. The maximum atomic E-state index is 5.31. The van der Waals surface area contributed by atoms with Crippen molar-refractivity contribution in [3.05, 3.63) is 11.7 Å². The fraction of sp³-hybridized carbons (Fsp3) is 0.714. The number of nitrogens with zero attached hydrogens (tertiary/aromatic N) is 2. The number of hydrogen-bond donors (Lipinski definition) is 1. The summed E-state index contributed by atoms with van der Waals surface area (Å²) in [5.41, 5.74) is 5.31. The molecule has 0 saturated heterocycles. The van der Waals surface area contributed by atoms with Gasteiger partial charge in [0.1, 0.15) is 0 Å². The second-order valence-corrected chi connectivity index (χ2v) is 2.56. The van der Waals surface area contributed by atoms with Gasteiger partial charge in [-0.25, -0.2) is 0 Å². The molecule has 1 heterocycles. The normalized spacial score (nSPS) is 13.4. The van der Waals surface area contributed by atoms with Crippen molar-refractivity contribution in [2.24, 2.45) is 5.73 Å². The van der Waals surface area contributed by atoms with E-state index in [4.69, 9.17) is 10.3 Å². The zero-order chi connectivity index (χ0) is 8.27. The summed E-state index contributed by atoms with van der Waals surface area (Å²) in [4.78, 5) is 4.10. The Hall–Kier alpha value is -0.900. The van der Waals surface area contributed by atoms with Gasteiger partial charge in [0.05, 0.1) is 6.54 Å². The van der Waals surface area contributed by atoms with Crippen molar-refractivity contribution in [2.75, 3.05) is 0 Å². The van der Waals surface area contributed by atoms with Gasteiger partial charge in [0, 0.05) is 5.92 Å². The molecule has 0 aliphatic heterocycles. The predicted molar refractivity (Wildman–Crippen MR) is 40.9 cm³/mol. The highest BCUT2D eigenvalue weighted by Gasteiger charge is 2.10. The summed E-state index contributed by atoms with van der Waals surface area (Å²) < 4.78 is 4.85. The van der Waals surface area contributed by atoms with E-state index >= 15 is 0 Å². The Morgan fingerprint density at radius 2 is 2.36 bits per heavy atom. The first kappa shape index (κ1) is 8.20. The number of hydrogen-bond acceptors (Lipinski definition) is 4. The minimum Gasteiger partial charge on any atom is -0.338 e. The SMILES string of the molecule is CCC(C)c1noc(CN)n1. The summed E-state index contributed by atoms with van der Waals surface area (Å²) in [5.74, 6) is 1.63. The first-order valence-corrected chi connectivity index (χ1v) is 3.80. The molecule has 1 unspecified atom stereocenters. The molecular weight excluding hydrogens is 142 g/mol. The van der Waals surface area contributed by atoms with E-state index < -0.39 is 0 Å². The number of aromatic nitrogens is 2. The minimum atomic E-state index is 0.323. The highest BCUT2D eigenvalue weighted by molar-refractivity contribution is 4.92. The molecule has 0 aliphatic rings. The lowest BCUT2D eigenvalue weighted by atomic mass is 10.1. The van der Waals surface area contributed by atoms with Gasteiger partial charge in [0.25, 0.3) is 0 Å². The summed E-state index contributed by atoms with van der Waals surface area (Å²) in [5, 5.41) is 3.79. The smallest absolute Gasteiger partial charge is 0.240 e. The van der Waals surface area contributed by atoms with Gasteiger partial charge in [-0.05, 0) is 6.42 Å². The Labute approximate surface area is 65.8 Å². The standard InChI is InChI=1S/C7H13N3O/c1-3-5(2)7-9-6(4-8)11-10-7/h5H,3-4,8H2,1-2H3. The average Bonchev–Trinajstić information content (AvgIpc) is 2.50. The molecule has 11 heavy (non-hydrogen) atoms. The fourth-order valence-electron chi connectivity index (χ4n) is 0.734. The third-order valence-electron chi connectivity index (χ3n) is 1.71. The zero-order valence-electron chi connectivity index (χ0n) is 6.87. The van der Waals surface area contributed by atoms with E-state index in [1.165, 1.54) is 0 Å². The second-order valence-electron chi connectivity index (χ2n) is 2.56. The lowest BCUT2D eigenvalue weighted by molar-refractivity contribution is 0.371. The molecule has 0 amide bonds. The Kier molecular flexibility index (Phi) is 2.59. The van der Waals surface area contributed by atoms with Crippen LogP contribution < -0.4 is 5.73 Å². The predicted octanol–water partition coefficient (Wildman–Crippen LogP) is 1.04. The lowest BCUT2D eigenvalue weighted by Gasteiger charge is -1.98. The van der Waals surface area contributed by atoms with Crippen molar-refractivity contribution in [1.82, 2.24) is 10.1 Å². The minimum absolute atomic E-state index is 0.323. The van der Waals surface area contributed by atoms with Crippen molar-refractivity contribution in [3.8, 4) is 0 Å². The van der Waals surface area contributed by atoms with Gasteiger partial charge >= 0.3 is 0 Å². The second kappa shape index (κ2) is 3.48. The van der Waals surface area contributed by atoms with Crippen molar-refractivity contribution in [2.45, 2.75) is 32.7 Å². The van der Waals surface area contributed by atoms with Crippen LogP contribution >= 0.6 is 0 Å². The lowest BCUT2D eigenvalue weighted by Crippen LogP contribution is -1.98. The van der Waals surface area contributed by atoms with E-state index in [0.29, 0.717) is 18.4 Å². The molecule has 4 heteroatoms. The molecule has 0 aliphatic carbocycles. The molecular formula is C7H13N3O. The van der Waals surface area contributed by atoms with Gasteiger partial charge in [-0.3, -0.25) is 0 Å². The van der Waals surface area contributed by atoms with Gasteiger partial charge in [0.15, 0.2) is 5.82 Å². The van der Waals surface area contributed by atoms with Crippen LogP contribution in [0.4, 0.5) is 0 Å². The highest BCUT2D eigenvalue weighted by atomic mass is 16.5. The van der Waals surface area contributed by atoms with E-state index in [0.717, 1.165) is 12.2 Å². The molecule has 0 saturated carbocycles. The molecule has 0 radical (unpaired) electrons. The molecule has 0 bridgehead atoms. The van der Waals surface area contributed by atoms with E-state index in [-0.39, 0.29) is 0 Å². The van der Waals surface area contributed by atoms with Gasteiger partial charge in [-0.15, -0.1) is 0 Å². The summed E-state index contributed by atoms with van der Waals surface area (Å²) in [7, 11) is 0. The van der Waals surface area contributed by atoms with Crippen molar-refractivity contribution in [1.29, 1.82) is 0 Å². The average molecular weight is 155 g/mol. The molecule has 62 valence electrons. The van der Waals surface area contributed by atoms with Crippen LogP contribution in [0.15, 0.2) is 4.52 Å². The molecule has 2 N–H and O–H groups in total. The molecule has 1 rings (SSSR count). The van der Waals surface area contributed by atoms with Crippen molar-refractivity contribution < 1.29 is 4.52 Å². The zero-order valence-corrected chi connectivity index (χ0v) is 6.87. The van der Waals surface area contributed by atoms with Gasteiger partial charge in [-0.2, -0.15) is 4.98 Å². The largest absolute Gasteiger partial charge is 0.338 e. The van der Waals surface area contributed by atoms with E-state index in [1.54, 1.807) is 0 Å². The van der Waals surface area contributed by atoms with E-state index in [1.807, 2.05) is 0 Å². The van der Waals surface area contributed by atoms with Crippen LogP contribution in [0, 0.1) is 0 Å². The molecule has 0 fully saturated rings. The van der Waals surface area contributed by atoms with Crippen LogP contribution in [0.3, 0.4) is 0 Å². The van der Waals surface area contributed by atoms with Crippen LogP contribution in [0.1, 0.15) is 37.9 Å². The molecule has 4 nitrogen and oxygen atoms in total. The van der Waals surface area contributed by atoms with Crippen LogP contribution in [-0.2, 0) is 6.54 Å².